The van der Waals surface area contributed by atoms with Crippen LogP contribution in [0, 0.1) is 0 Å². The normalized spacial score (nSPS) is 14.7. The van der Waals surface area contributed by atoms with Gasteiger partial charge in [0.1, 0.15) is 0 Å². The molecule has 16 heavy (non-hydrogen) atoms. The van der Waals surface area contributed by atoms with Crippen molar-refractivity contribution in [3.8, 4) is 0 Å². The largest absolute Gasteiger partial charge is 0.391 e. The number of hydrogen-bond donors (Lipinski definition) is 1. The Balaban J connectivity index is 2.36. The van der Waals surface area contributed by atoms with Crippen molar-refractivity contribution in [1.82, 2.24) is 0 Å². The van der Waals surface area contributed by atoms with Crippen molar-refractivity contribution in [2.75, 3.05) is 12.0 Å². The molecule has 0 unspecified atom stereocenters. The first-order chi connectivity index (χ1) is 7.77. The van der Waals surface area contributed by atoms with Gasteiger partial charge in [-0.15, -0.1) is 11.8 Å². The van der Waals surface area contributed by atoms with E-state index in [0.29, 0.717) is 5.25 Å². The van der Waals surface area contributed by atoms with Crippen LogP contribution in [-0.2, 0) is 0 Å². The van der Waals surface area contributed by atoms with Gasteiger partial charge in [-0.1, -0.05) is 31.5 Å². The second kappa shape index (κ2) is 8.04. The molecule has 3 heteroatoms. The number of hydrogen-bond acceptors (Lipinski definition) is 3. The molecule has 1 N–H and O–H groups in total. The fraction of sp³-hybridized carbons (Fsp3) is 0.538. The molecule has 0 saturated carbocycles. The van der Waals surface area contributed by atoms with Crippen LogP contribution < -0.4 is 0 Å². The minimum Gasteiger partial charge on any atom is -0.391 e. The van der Waals surface area contributed by atoms with Crippen LogP contribution in [0.3, 0.4) is 0 Å². The lowest BCUT2D eigenvalue weighted by Gasteiger charge is -2.20. The number of aliphatic hydroxyl groups excluding tert-OH is 1. The first-order valence-corrected chi connectivity index (χ1v) is 7.94. The highest BCUT2D eigenvalue weighted by Crippen LogP contribution is 2.24. The lowest BCUT2D eigenvalue weighted by atomic mass is 10.2. The molecule has 0 heterocycles. The van der Waals surface area contributed by atoms with Crippen LogP contribution in [0.1, 0.15) is 19.8 Å². The maximum absolute atomic E-state index is 10.1. The van der Waals surface area contributed by atoms with E-state index in [0.717, 1.165) is 18.6 Å². The van der Waals surface area contributed by atoms with Crippen molar-refractivity contribution in [3.05, 3.63) is 30.3 Å². The highest BCUT2D eigenvalue weighted by molar-refractivity contribution is 8.00. The second-order valence-corrected chi connectivity index (χ2v) is 5.92. The third-order valence-corrected chi connectivity index (χ3v) is 4.74. The SMILES string of the molecule is CCC[C@H](SC)[C@@H](O)CSc1ccccc1. The maximum Gasteiger partial charge on any atom is 0.0752 e. The molecule has 2 atom stereocenters. The summed E-state index contributed by atoms with van der Waals surface area (Å²) in [5.41, 5.74) is 0. The smallest absolute Gasteiger partial charge is 0.0752 e. The molecular weight excluding hydrogens is 236 g/mol. The molecule has 0 radical (unpaired) electrons. The molecule has 1 nitrogen and oxygen atoms in total. The molecule has 0 aliphatic heterocycles. The number of aliphatic hydroxyl groups is 1. The summed E-state index contributed by atoms with van der Waals surface area (Å²) in [5, 5.41) is 10.4. The molecule has 90 valence electrons. The van der Waals surface area contributed by atoms with Gasteiger partial charge < -0.3 is 5.11 Å². The van der Waals surface area contributed by atoms with Crippen molar-refractivity contribution < 1.29 is 5.11 Å². The maximum atomic E-state index is 10.1. The lowest BCUT2D eigenvalue weighted by molar-refractivity contribution is 0.192. The molecule has 0 aliphatic rings. The average Bonchev–Trinajstić information content (AvgIpc) is 2.34. The Morgan fingerprint density at radius 3 is 2.50 bits per heavy atom. The summed E-state index contributed by atoms with van der Waals surface area (Å²) >= 11 is 3.51. The van der Waals surface area contributed by atoms with Gasteiger partial charge >= 0.3 is 0 Å². The third-order valence-electron chi connectivity index (χ3n) is 2.47. The summed E-state index contributed by atoms with van der Waals surface area (Å²) in [6.45, 7) is 2.17. The summed E-state index contributed by atoms with van der Waals surface area (Å²) in [6, 6.07) is 10.3. The van der Waals surface area contributed by atoms with E-state index in [1.165, 1.54) is 4.90 Å². The third kappa shape index (κ3) is 4.81. The Bertz CT molecular complexity index is 277. The number of rotatable bonds is 7. The molecule has 0 spiro atoms. The van der Waals surface area contributed by atoms with Crippen LogP contribution in [0.4, 0.5) is 0 Å². The zero-order valence-electron chi connectivity index (χ0n) is 9.93. The van der Waals surface area contributed by atoms with Gasteiger partial charge in [0.2, 0.25) is 0 Å². The van der Waals surface area contributed by atoms with Crippen molar-refractivity contribution in [1.29, 1.82) is 0 Å². The van der Waals surface area contributed by atoms with Gasteiger partial charge in [-0.25, -0.2) is 0 Å². The van der Waals surface area contributed by atoms with Crippen LogP contribution in [-0.4, -0.2) is 28.5 Å². The van der Waals surface area contributed by atoms with Crippen molar-refractivity contribution in [2.24, 2.45) is 0 Å². The molecule has 0 fully saturated rings. The van der Waals surface area contributed by atoms with E-state index in [1.54, 1.807) is 23.5 Å². The predicted molar refractivity (Wildman–Crippen MR) is 75.4 cm³/mol. The van der Waals surface area contributed by atoms with Crippen LogP contribution in [0.5, 0.6) is 0 Å². The molecule has 0 bridgehead atoms. The fourth-order valence-corrected chi connectivity index (χ4v) is 3.51. The summed E-state index contributed by atoms with van der Waals surface area (Å²) in [5.74, 6) is 0.787. The van der Waals surface area contributed by atoms with E-state index in [9.17, 15) is 5.11 Å². The Morgan fingerprint density at radius 1 is 1.25 bits per heavy atom. The predicted octanol–water partition coefficient (Wildman–Crippen LogP) is 3.67. The molecule has 0 aromatic heterocycles. The van der Waals surface area contributed by atoms with E-state index >= 15 is 0 Å². The van der Waals surface area contributed by atoms with Gasteiger partial charge in [-0.2, -0.15) is 11.8 Å². The molecule has 0 amide bonds. The van der Waals surface area contributed by atoms with Crippen LogP contribution in [0.25, 0.3) is 0 Å². The number of thioether (sulfide) groups is 2. The summed E-state index contributed by atoms with van der Waals surface area (Å²) < 4.78 is 0. The molecular formula is C13H20OS2. The van der Waals surface area contributed by atoms with E-state index in [2.05, 4.69) is 25.3 Å². The molecule has 0 saturated heterocycles. The van der Waals surface area contributed by atoms with Crippen molar-refractivity contribution >= 4 is 23.5 Å². The first kappa shape index (κ1) is 13.9. The summed E-state index contributed by atoms with van der Waals surface area (Å²) in [6.07, 6.45) is 4.10. The topological polar surface area (TPSA) is 20.2 Å². The van der Waals surface area contributed by atoms with Gasteiger partial charge in [0.15, 0.2) is 0 Å². The molecule has 1 aromatic rings. The lowest BCUT2D eigenvalue weighted by Crippen LogP contribution is -2.25. The summed E-state index contributed by atoms with van der Waals surface area (Å²) in [4.78, 5) is 1.23. The zero-order valence-corrected chi connectivity index (χ0v) is 11.6. The van der Waals surface area contributed by atoms with Gasteiger partial charge in [-0.3, -0.25) is 0 Å². The zero-order chi connectivity index (χ0) is 11.8. The standard InChI is InChI=1S/C13H20OS2/c1-3-7-13(15-2)12(14)10-16-11-8-5-4-6-9-11/h4-6,8-9,12-14H,3,7,10H2,1-2H3/t12-,13-/m0/s1. The number of benzene rings is 1. The summed E-state index contributed by atoms with van der Waals surface area (Å²) in [7, 11) is 0. The van der Waals surface area contributed by atoms with Crippen LogP contribution in [0.2, 0.25) is 0 Å². The van der Waals surface area contributed by atoms with Gasteiger partial charge in [0.25, 0.3) is 0 Å². The van der Waals surface area contributed by atoms with Crippen molar-refractivity contribution in [3.63, 3.8) is 0 Å². The van der Waals surface area contributed by atoms with E-state index in [4.69, 9.17) is 0 Å². The van der Waals surface area contributed by atoms with E-state index in [1.807, 2.05) is 18.2 Å². The van der Waals surface area contributed by atoms with E-state index < -0.39 is 0 Å². The quantitative estimate of drug-likeness (QED) is 0.752. The fourth-order valence-electron chi connectivity index (χ4n) is 1.56. The van der Waals surface area contributed by atoms with E-state index in [-0.39, 0.29) is 6.10 Å². The Labute approximate surface area is 107 Å². The highest BCUT2D eigenvalue weighted by atomic mass is 32.2. The van der Waals surface area contributed by atoms with Gasteiger partial charge in [0, 0.05) is 15.9 Å². The monoisotopic (exact) mass is 256 g/mol. The van der Waals surface area contributed by atoms with Gasteiger partial charge in [0.05, 0.1) is 6.10 Å². The van der Waals surface area contributed by atoms with Gasteiger partial charge in [-0.05, 0) is 24.8 Å². The Kier molecular flexibility index (Phi) is 7.01. The Morgan fingerprint density at radius 2 is 1.94 bits per heavy atom. The highest BCUT2D eigenvalue weighted by Gasteiger charge is 2.17. The Hall–Kier alpha value is -0.120. The van der Waals surface area contributed by atoms with Crippen LogP contribution >= 0.6 is 23.5 Å². The average molecular weight is 256 g/mol. The molecule has 0 aliphatic carbocycles. The molecule has 1 aromatic carbocycles. The van der Waals surface area contributed by atoms with Crippen LogP contribution in [0.15, 0.2) is 35.2 Å². The van der Waals surface area contributed by atoms with Crippen molar-refractivity contribution in [2.45, 2.75) is 36.0 Å². The molecule has 1 rings (SSSR count). The second-order valence-electron chi connectivity index (χ2n) is 3.75. The first-order valence-electron chi connectivity index (χ1n) is 5.66. The minimum absolute atomic E-state index is 0.208. The minimum atomic E-state index is -0.208.